The Morgan fingerprint density at radius 1 is 0.933 bits per heavy atom. The molecule has 2 aromatic rings. The first-order chi connectivity index (χ1) is 14.4. The minimum atomic E-state index is -4.29. The molecule has 4 rings (SSSR count). The van der Waals surface area contributed by atoms with Gasteiger partial charge in [-0.1, -0.05) is 61.7 Å². The Balaban J connectivity index is 1.37. The molecule has 0 spiro atoms. The average Bonchev–Trinajstić information content (AvgIpc) is 2.72. The van der Waals surface area contributed by atoms with Gasteiger partial charge in [-0.05, 0) is 67.7 Å². The molecule has 2 fully saturated rings. The molecule has 1 nitrogen and oxygen atoms in total. The summed E-state index contributed by atoms with van der Waals surface area (Å²) in [6.45, 7) is 0. The number of ketones is 1. The van der Waals surface area contributed by atoms with Gasteiger partial charge in [0.1, 0.15) is 5.78 Å². The van der Waals surface area contributed by atoms with E-state index >= 15 is 0 Å². The van der Waals surface area contributed by atoms with Gasteiger partial charge in [0, 0.05) is 5.92 Å². The number of carbonyl (C=O) groups is 1. The van der Waals surface area contributed by atoms with Crippen LogP contribution in [0.3, 0.4) is 0 Å². The van der Waals surface area contributed by atoms with E-state index in [0.29, 0.717) is 11.7 Å². The van der Waals surface area contributed by atoms with Crippen LogP contribution in [-0.4, -0.2) is 5.78 Å². The number of carbonyl (C=O) groups excluding carboxylic acids is 1. The largest absolute Gasteiger partial charge is 0.416 e. The zero-order chi connectivity index (χ0) is 21.2. The Bertz CT molecular complexity index is 850. The maximum atomic E-state index is 13.5. The van der Waals surface area contributed by atoms with Crippen LogP contribution in [-0.2, 0) is 22.8 Å². The van der Waals surface area contributed by atoms with Crippen LogP contribution in [0.2, 0.25) is 0 Å². The molecule has 0 bridgehead atoms. The topological polar surface area (TPSA) is 17.1 Å². The second-order valence-electron chi connectivity index (χ2n) is 9.13. The van der Waals surface area contributed by atoms with E-state index in [1.807, 2.05) is 18.2 Å². The van der Waals surface area contributed by atoms with Gasteiger partial charge >= 0.3 is 6.18 Å². The normalized spacial score (nSPS) is 23.6. The van der Waals surface area contributed by atoms with Crippen molar-refractivity contribution in [1.82, 2.24) is 0 Å². The van der Waals surface area contributed by atoms with Crippen LogP contribution in [0.4, 0.5) is 13.2 Å². The summed E-state index contributed by atoms with van der Waals surface area (Å²) in [5, 5.41) is 0. The number of halogens is 3. The van der Waals surface area contributed by atoms with E-state index in [9.17, 15) is 18.0 Å². The van der Waals surface area contributed by atoms with Crippen LogP contribution in [0.1, 0.15) is 68.1 Å². The van der Waals surface area contributed by atoms with Crippen molar-refractivity contribution in [2.45, 2.75) is 69.4 Å². The molecular formula is C26H29F3O. The van der Waals surface area contributed by atoms with Gasteiger partial charge in [0.2, 0.25) is 0 Å². The van der Waals surface area contributed by atoms with E-state index in [1.165, 1.54) is 17.7 Å². The Labute approximate surface area is 176 Å². The number of rotatable bonds is 6. The van der Waals surface area contributed by atoms with Gasteiger partial charge < -0.3 is 0 Å². The SMILES string of the molecule is O=C(C1CCCC(CCc2ccc(C(F)(F)F)cc2)C1)C1(c2ccccc2)CCC1. The summed E-state index contributed by atoms with van der Waals surface area (Å²) in [6.07, 6.45) is 4.54. The van der Waals surface area contributed by atoms with Gasteiger partial charge in [0.25, 0.3) is 0 Å². The lowest BCUT2D eigenvalue weighted by atomic mass is 9.58. The molecule has 4 heteroatoms. The van der Waals surface area contributed by atoms with Crippen molar-refractivity contribution in [1.29, 1.82) is 0 Å². The fourth-order valence-corrected chi connectivity index (χ4v) is 5.38. The molecule has 30 heavy (non-hydrogen) atoms. The standard InChI is InChI=1S/C26H29F3O/c27-26(28,29)23-14-12-19(13-15-23)10-11-20-6-4-7-21(18-20)24(30)25(16-5-17-25)22-8-2-1-3-9-22/h1-3,8-9,12-15,20-21H,4-7,10-11,16-18H2. The maximum absolute atomic E-state index is 13.5. The van der Waals surface area contributed by atoms with Crippen LogP contribution in [0.25, 0.3) is 0 Å². The maximum Gasteiger partial charge on any atom is 0.416 e. The number of alkyl halides is 3. The molecule has 0 heterocycles. The molecule has 2 aromatic carbocycles. The minimum Gasteiger partial charge on any atom is -0.298 e. The Kier molecular flexibility index (Phi) is 6.04. The van der Waals surface area contributed by atoms with Crippen molar-refractivity contribution in [3.8, 4) is 0 Å². The summed E-state index contributed by atoms with van der Waals surface area (Å²) in [5.74, 6) is 1.03. The van der Waals surface area contributed by atoms with Crippen molar-refractivity contribution >= 4 is 5.78 Å². The zero-order valence-corrected chi connectivity index (χ0v) is 17.3. The third kappa shape index (κ3) is 4.33. The summed E-state index contributed by atoms with van der Waals surface area (Å²) >= 11 is 0. The molecule has 2 aliphatic carbocycles. The van der Waals surface area contributed by atoms with Crippen molar-refractivity contribution in [2.24, 2.45) is 11.8 Å². The first kappa shape index (κ1) is 21.1. The summed E-state index contributed by atoms with van der Waals surface area (Å²) in [6, 6.07) is 15.8. The predicted octanol–water partition coefficient (Wildman–Crippen LogP) is 7.14. The second-order valence-corrected chi connectivity index (χ2v) is 9.13. The molecule has 2 aliphatic rings. The van der Waals surface area contributed by atoms with Gasteiger partial charge in [-0.3, -0.25) is 4.79 Å². The molecule has 0 aliphatic heterocycles. The van der Waals surface area contributed by atoms with E-state index in [-0.39, 0.29) is 11.3 Å². The molecule has 0 saturated heterocycles. The third-order valence-electron chi connectivity index (χ3n) is 7.28. The number of hydrogen-bond donors (Lipinski definition) is 0. The molecule has 0 amide bonds. The summed E-state index contributed by atoms with van der Waals surface area (Å²) < 4.78 is 38.2. The van der Waals surface area contributed by atoms with Crippen molar-refractivity contribution < 1.29 is 18.0 Å². The Morgan fingerprint density at radius 3 is 2.23 bits per heavy atom. The zero-order valence-electron chi connectivity index (χ0n) is 17.3. The highest BCUT2D eigenvalue weighted by Gasteiger charge is 2.48. The second kappa shape index (κ2) is 8.56. The highest BCUT2D eigenvalue weighted by atomic mass is 19.4. The summed E-state index contributed by atoms with van der Waals surface area (Å²) in [4.78, 5) is 13.5. The van der Waals surface area contributed by atoms with Crippen LogP contribution < -0.4 is 0 Å². The monoisotopic (exact) mass is 414 g/mol. The average molecular weight is 415 g/mol. The van der Waals surface area contributed by atoms with Gasteiger partial charge in [0.15, 0.2) is 0 Å². The van der Waals surface area contributed by atoms with Crippen LogP contribution in [0.5, 0.6) is 0 Å². The first-order valence-corrected chi connectivity index (χ1v) is 11.1. The van der Waals surface area contributed by atoms with Crippen molar-refractivity contribution in [2.75, 3.05) is 0 Å². The third-order valence-corrected chi connectivity index (χ3v) is 7.28. The molecule has 2 saturated carbocycles. The fourth-order valence-electron chi connectivity index (χ4n) is 5.38. The van der Waals surface area contributed by atoms with Crippen LogP contribution in [0.15, 0.2) is 54.6 Å². The molecular weight excluding hydrogens is 385 g/mol. The summed E-state index contributed by atoms with van der Waals surface area (Å²) in [7, 11) is 0. The fraction of sp³-hybridized carbons (Fsp3) is 0.500. The quantitative estimate of drug-likeness (QED) is 0.491. The van der Waals surface area contributed by atoms with Gasteiger partial charge in [-0.25, -0.2) is 0 Å². The lowest BCUT2D eigenvalue weighted by Crippen LogP contribution is -2.46. The van der Waals surface area contributed by atoms with Gasteiger partial charge in [-0.15, -0.1) is 0 Å². The lowest BCUT2D eigenvalue weighted by molar-refractivity contribution is -0.137. The first-order valence-electron chi connectivity index (χ1n) is 11.1. The Morgan fingerprint density at radius 2 is 1.63 bits per heavy atom. The van der Waals surface area contributed by atoms with E-state index in [4.69, 9.17) is 0 Å². The van der Waals surface area contributed by atoms with E-state index in [1.54, 1.807) is 12.1 Å². The van der Waals surface area contributed by atoms with Crippen LogP contribution in [0, 0.1) is 11.8 Å². The van der Waals surface area contributed by atoms with E-state index in [2.05, 4.69) is 12.1 Å². The number of benzene rings is 2. The molecule has 2 unspecified atom stereocenters. The highest BCUT2D eigenvalue weighted by Crippen LogP contribution is 2.48. The molecule has 2 atom stereocenters. The Hall–Kier alpha value is -2.10. The molecule has 160 valence electrons. The summed E-state index contributed by atoms with van der Waals surface area (Å²) in [5.41, 5.74) is 1.24. The van der Waals surface area contributed by atoms with Crippen LogP contribution >= 0.6 is 0 Å². The number of hydrogen-bond acceptors (Lipinski definition) is 1. The van der Waals surface area contributed by atoms with E-state index in [0.717, 1.165) is 63.4 Å². The predicted molar refractivity (Wildman–Crippen MR) is 112 cm³/mol. The van der Waals surface area contributed by atoms with E-state index < -0.39 is 11.7 Å². The number of Topliss-reactive ketones (excluding diaryl/α,β-unsaturated/α-hetero) is 1. The molecule has 0 radical (unpaired) electrons. The van der Waals surface area contributed by atoms with Crippen molar-refractivity contribution in [3.63, 3.8) is 0 Å². The minimum absolute atomic E-state index is 0.122. The lowest BCUT2D eigenvalue weighted by Gasteiger charge is -2.44. The number of aryl methyl sites for hydroxylation is 1. The van der Waals surface area contributed by atoms with Gasteiger partial charge in [0.05, 0.1) is 11.0 Å². The van der Waals surface area contributed by atoms with Gasteiger partial charge in [-0.2, -0.15) is 13.2 Å². The highest BCUT2D eigenvalue weighted by molar-refractivity contribution is 5.93. The smallest absolute Gasteiger partial charge is 0.298 e. The van der Waals surface area contributed by atoms with Crippen molar-refractivity contribution in [3.05, 3.63) is 71.3 Å². The molecule has 0 aromatic heterocycles. The molecule has 0 N–H and O–H groups in total.